The first-order chi connectivity index (χ1) is 9.56. The van der Waals surface area contributed by atoms with Crippen LogP contribution in [0.25, 0.3) is 0 Å². The second kappa shape index (κ2) is 8.12. The summed E-state index contributed by atoms with van der Waals surface area (Å²) < 4.78 is 6.08. The topological polar surface area (TPSA) is 117 Å². The van der Waals surface area contributed by atoms with Gasteiger partial charge in [-0.2, -0.15) is 5.10 Å². The maximum Gasteiger partial charge on any atom is 0.325 e. The van der Waals surface area contributed by atoms with E-state index in [1.54, 1.807) is 0 Å². The van der Waals surface area contributed by atoms with Gasteiger partial charge in [0.05, 0.1) is 25.1 Å². The highest BCUT2D eigenvalue weighted by atomic mass is 16.5. The largest absolute Gasteiger partial charge is 0.480 e. The molecular formula is C11H18N4O5. The number of aliphatic hydroxyl groups is 1. The molecule has 9 nitrogen and oxygen atoms in total. The molecule has 0 aromatic carbocycles. The number of carboxylic acids is 1. The molecular weight excluding hydrogens is 268 g/mol. The van der Waals surface area contributed by atoms with E-state index in [1.165, 1.54) is 29.1 Å². The minimum Gasteiger partial charge on any atom is -0.480 e. The fraction of sp³-hybridized carbons (Fsp3) is 0.545. The number of hydrogen-bond acceptors (Lipinski definition) is 5. The number of hydrogen-bond donors (Lipinski definition) is 3. The van der Waals surface area contributed by atoms with Crippen molar-refractivity contribution in [2.24, 2.45) is 0 Å². The van der Waals surface area contributed by atoms with E-state index >= 15 is 0 Å². The number of ether oxygens (including phenoxy) is 1. The van der Waals surface area contributed by atoms with E-state index in [0.717, 1.165) is 0 Å². The van der Waals surface area contributed by atoms with Gasteiger partial charge in [-0.25, -0.2) is 4.79 Å². The molecule has 0 radical (unpaired) electrons. The quantitative estimate of drug-likeness (QED) is 0.590. The molecule has 0 aliphatic heterocycles. The molecule has 9 heteroatoms. The van der Waals surface area contributed by atoms with E-state index in [-0.39, 0.29) is 19.7 Å². The van der Waals surface area contributed by atoms with Crippen molar-refractivity contribution in [2.45, 2.75) is 6.54 Å². The van der Waals surface area contributed by atoms with Gasteiger partial charge < -0.3 is 25.2 Å². The molecule has 1 aromatic rings. The normalized spacial score (nSPS) is 10.3. The van der Waals surface area contributed by atoms with Gasteiger partial charge in [0.15, 0.2) is 0 Å². The van der Waals surface area contributed by atoms with Crippen LogP contribution < -0.4 is 5.32 Å². The van der Waals surface area contributed by atoms with Crippen LogP contribution in [-0.2, 0) is 16.1 Å². The van der Waals surface area contributed by atoms with Crippen LogP contribution >= 0.6 is 0 Å². The molecule has 0 fully saturated rings. The van der Waals surface area contributed by atoms with Crippen molar-refractivity contribution >= 4 is 17.7 Å². The lowest BCUT2D eigenvalue weighted by atomic mass is 10.5. The standard InChI is InChI=1S/C11H18N4O5/c1-20-5-3-14(2-4-16)11(19)13-9-6-12-15(7-9)8-10(17)18/h6-7,16H,2-5,8H2,1H3,(H,13,19)(H,17,18). The predicted octanol–water partition coefficient (Wildman–Crippen LogP) is -0.560. The second-order valence-electron chi connectivity index (χ2n) is 3.95. The first kappa shape index (κ1) is 15.9. The molecule has 1 rings (SSSR count). The van der Waals surface area contributed by atoms with Crippen molar-refractivity contribution in [3.8, 4) is 0 Å². The third kappa shape index (κ3) is 5.24. The monoisotopic (exact) mass is 286 g/mol. The Morgan fingerprint density at radius 1 is 1.50 bits per heavy atom. The molecule has 0 unspecified atom stereocenters. The number of nitrogens with one attached hydrogen (secondary N) is 1. The predicted molar refractivity (Wildman–Crippen MR) is 69.4 cm³/mol. The van der Waals surface area contributed by atoms with Crippen molar-refractivity contribution in [3.63, 3.8) is 0 Å². The van der Waals surface area contributed by atoms with Crippen LogP contribution in [-0.4, -0.2) is 70.3 Å². The number of aliphatic carboxylic acids is 1. The van der Waals surface area contributed by atoms with Gasteiger partial charge >= 0.3 is 12.0 Å². The van der Waals surface area contributed by atoms with E-state index in [2.05, 4.69) is 10.4 Å². The fourth-order valence-electron chi connectivity index (χ4n) is 1.49. The Bertz CT molecular complexity index is 448. The average Bonchev–Trinajstić information content (AvgIpc) is 2.80. The summed E-state index contributed by atoms with van der Waals surface area (Å²) in [5, 5.41) is 23.9. The highest BCUT2D eigenvalue weighted by Crippen LogP contribution is 2.06. The van der Waals surface area contributed by atoms with Crippen LogP contribution in [0.3, 0.4) is 0 Å². The smallest absolute Gasteiger partial charge is 0.325 e. The molecule has 20 heavy (non-hydrogen) atoms. The van der Waals surface area contributed by atoms with Crippen LogP contribution in [0.2, 0.25) is 0 Å². The summed E-state index contributed by atoms with van der Waals surface area (Å²) in [6, 6.07) is -0.411. The zero-order valence-corrected chi connectivity index (χ0v) is 11.2. The van der Waals surface area contributed by atoms with Gasteiger partial charge in [0.25, 0.3) is 0 Å². The van der Waals surface area contributed by atoms with Gasteiger partial charge in [0, 0.05) is 26.4 Å². The van der Waals surface area contributed by atoms with Crippen LogP contribution in [0.1, 0.15) is 0 Å². The lowest BCUT2D eigenvalue weighted by Gasteiger charge is -2.21. The Morgan fingerprint density at radius 2 is 2.25 bits per heavy atom. The number of carboxylic acid groups (broad SMARTS) is 1. The van der Waals surface area contributed by atoms with Crippen LogP contribution in [0, 0.1) is 0 Å². The van der Waals surface area contributed by atoms with Crippen molar-refractivity contribution in [1.82, 2.24) is 14.7 Å². The first-order valence-corrected chi connectivity index (χ1v) is 5.96. The number of aromatic nitrogens is 2. The Labute approximate surface area is 115 Å². The highest BCUT2D eigenvalue weighted by Gasteiger charge is 2.13. The van der Waals surface area contributed by atoms with Gasteiger partial charge in [-0.05, 0) is 0 Å². The molecule has 1 aromatic heterocycles. The fourth-order valence-corrected chi connectivity index (χ4v) is 1.49. The third-order valence-electron chi connectivity index (χ3n) is 2.40. The highest BCUT2D eigenvalue weighted by molar-refractivity contribution is 5.89. The molecule has 0 saturated carbocycles. The number of carbonyl (C=O) groups excluding carboxylic acids is 1. The van der Waals surface area contributed by atoms with Crippen LogP contribution in [0.4, 0.5) is 10.5 Å². The minimum absolute atomic E-state index is 0.157. The molecule has 0 spiro atoms. The van der Waals surface area contributed by atoms with Crippen molar-refractivity contribution in [3.05, 3.63) is 12.4 Å². The number of methoxy groups -OCH3 is 1. The Morgan fingerprint density at radius 3 is 2.85 bits per heavy atom. The van der Waals surface area contributed by atoms with E-state index in [1.807, 2.05) is 0 Å². The summed E-state index contributed by atoms with van der Waals surface area (Å²) in [6.07, 6.45) is 2.77. The zero-order valence-electron chi connectivity index (χ0n) is 11.2. The summed E-state index contributed by atoms with van der Waals surface area (Å²) in [5.74, 6) is -1.02. The molecule has 1 heterocycles. The zero-order chi connectivity index (χ0) is 15.0. The van der Waals surface area contributed by atoms with E-state index < -0.39 is 12.0 Å². The molecule has 112 valence electrons. The van der Waals surface area contributed by atoms with Gasteiger partial charge in [-0.3, -0.25) is 9.48 Å². The Hall–Kier alpha value is -2.13. The number of amides is 2. The number of nitrogens with zero attached hydrogens (tertiary/aromatic N) is 3. The second-order valence-corrected chi connectivity index (χ2v) is 3.95. The molecule has 0 saturated heterocycles. The molecule has 0 aliphatic carbocycles. The maximum atomic E-state index is 11.9. The molecule has 0 atom stereocenters. The third-order valence-corrected chi connectivity index (χ3v) is 2.40. The van der Waals surface area contributed by atoms with Crippen LogP contribution in [0.15, 0.2) is 12.4 Å². The number of urea groups is 1. The summed E-state index contributed by atoms with van der Waals surface area (Å²) >= 11 is 0. The van der Waals surface area contributed by atoms with Gasteiger partial charge in [-0.15, -0.1) is 0 Å². The van der Waals surface area contributed by atoms with Crippen molar-refractivity contribution in [1.29, 1.82) is 0 Å². The summed E-state index contributed by atoms with van der Waals surface area (Å²) in [4.78, 5) is 23.8. The summed E-state index contributed by atoms with van der Waals surface area (Å²) in [5.41, 5.74) is 0.386. The molecule has 0 aliphatic rings. The minimum atomic E-state index is -1.02. The number of carbonyl (C=O) groups is 2. The molecule has 0 bridgehead atoms. The van der Waals surface area contributed by atoms with Gasteiger partial charge in [-0.1, -0.05) is 0 Å². The number of rotatable bonds is 8. The van der Waals surface area contributed by atoms with Crippen LogP contribution in [0.5, 0.6) is 0 Å². The average molecular weight is 286 g/mol. The Kier molecular flexibility index (Phi) is 6.47. The number of aliphatic hydroxyl groups excluding tert-OH is 1. The number of anilines is 1. The maximum absolute atomic E-state index is 11.9. The lowest BCUT2D eigenvalue weighted by molar-refractivity contribution is -0.137. The van der Waals surface area contributed by atoms with Gasteiger partial charge in [0.1, 0.15) is 6.54 Å². The Balaban J connectivity index is 2.57. The summed E-state index contributed by atoms with van der Waals surface area (Å²) in [6.45, 7) is 0.436. The van der Waals surface area contributed by atoms with Crippen molar-refractivity contribution in [2.75, 3.05) is 38.7 Å². The van der Waals surface area contributed by atoms with E-state index in [9.17, 15) is 9.59 Å². The summed E-state index contributed by atoms with van der Waals surface area (Å²) in [7, 11) is 1.52. The molecule has 2 amide bonds. The SMILES string of the molecule is COCCN(CCO)C(=O)Nc1cnn(CC(=O)O)c1. The molecule has 3 N–H and O–H groups in total. The van der Waals surface area contributed by atoms with Crippen molar-refractivity contribution < 1.29 is 24.5 Å². The van der Waals surface area contributed by atoms with Gasteiger partial charge in [0.2, 0.25) is 0 Å². The lowest BCUT2D eigenvalue weighted by Crippen LogP contribution is -2.39. The first-order valence-electron chi connectivity index (χ1n) is 5.96. The van der Waals surface area contributed by atoms with E-state index in [4.69, 9.17) is 14.9 Å². The van der Waals surface area contributed by atoms with E-state index in [0.29, 0.717) is 18.8 Å².